The number of phenols is 1. The number of phenolic OH excluding ortho intramolecular Hbond substituents is 1. The van der Waals surface area contributed by atoms with Crippen molar-refractivity contribution in [2.75, 3.05) is 0 Å². The fourth-order valence-electron chi connectivity index (χ4n) is 9.02. The summed E-state index contributed by atoms with van der Waals surface area (Å²) in [6.45, 7) is 19.9. The van der Waals surface area contributed by atoms with E-state index in [4.69, 9.17) is 14.4 Å². The molecule has 0 spiro atoms. The molecule has 0 radical (unpaired) electrons. The molecule has 66 heavy (non-hydrogen) atoms. The predicted octanol–water partition coefficient (Wildman–Crippen LogP) is 16.1. The smallest absolute Gasteiger partial charge is 0.148 e. The second-order valence-corrected chi connectivity index (χ2v) is 20.4. The average Bonchev–Trinajstić information content (AvgIpc) is 3.87. The Balaban J connectivity index is 0.00000548. The maximum Gasteiger partial charge on any atom is 0.148 e. The molecule has 10 aromatic rings. The number of hydrogen-bond acceptors (Lipinski definition) is 4. The van der Waals surface area contributed by atoms with E-state index >= 15 is 0 Å². The van der Waals surface area contributed by atoms with E-state index in [1.54, 1.807) is 0 Å². The van der Waals surface area contributed by atoms with Gasteiger partial charge in [-0.25, -0.2) is 4.98 Å². The minimum Gasteiger partial charge on any atom is -0.507 e. The van der Waals surface area contributed by atoms with Gasteiger partial charge >= 0.3 is 0 Å². The van der Waals surface area contributed by atoms with Gasteiger partial charge in [-0.15, -0.1) is 29.3 Å². The zero-order valence-corrected chi connectivity index (χ0v) is 41.3. The molecule has 0 aliphatic heterocycles. The molecule has 3 heterocycles. The van der Waals surface area contributed by atoms with Crippen LogP contribution < -0.4 is 0 Å². The molecule has 0 amide bonds. The number of para-hydroxylation sites is 2. The Hall–Kier alpha value is -6.55. The minimum atomic E-state index is -0.343. The van der Waals surface area contributed by atoms with Crippen LogP contribution in [-0.4, -0.2) is 19.6 Å². The van der Waals surface area contributed by atoms with Crippen molar-refractivity contribution in [1.29, 1.82) is 0 Å². The zero-order valence-electron chi connectivity index (χ0n) is 39.0. The summed E-state index contributed by atoms with van der Waals surface area (Å²) >= 11 is 0. The summed E-state index contributed by atoms with van der Waals surface area (Å²) in [5.41, 5.74) is 15.5. The quantitative estimate of drug-likeness (QED) is 0.169. The Kier molecular flexibility index (Phi) is 11.3. The predicted molar refractivity (Wildman–Crippen MR) is 270 cm³/mol. The number of rotatable bonds is 6. The SMILES string of the molecule is CC(C)(C)c1cc(-c2ccccn2)[c-]c(-c2cccc3c2nc(-c2cc(C(C)(C)C)cc(C(C)(C)C)c2O)n3-c2ccc(-c3ccc4c(c3)oc3ccccc34)cc2-c2ccccc2)c1.[Pt]. The molecule has 7 aromatic carbocycles. The number of hydrogen-bond donors (Lipinski definition) is 1. The molecule has 1 N–H and O–H groups in total. The van der Waals surface area contributed by atoms with E-state index < -0.39 is 0 Å². The third-order valence-corrected chi connectivity index (χ3v) is 12.7. The van der Waals surface area contributed by atoms with Crippen molar-refractivity contribution in [3.05, 3.63) is 181 Å². The molecular formula is C60H54N3O2Pt-. The molecule has 5 nitrogen and oxygen atoms in total. The first kappa shape index (κ1) is 44.6. The second-order valence-electron chi connectivity index (χ2n) is 20.4. The number of pyridine rings is 1. The minimum absolute atomic E-state index is 0. The first-order valence-electron chi connectivity index (χ1n) is 22.5. The van der Waals surface area contributed by atoms with Crippen molar-refractivity contribution in [2.24, 2.45) is 0 Å². The largest absolute Gasteiger partial charge is 0.507 e. The molecule has 3 aromatic heterocycles. The third kappa shape index (κ3) is 8.09. The van der Waals surface area contributed by atoms with E-state index in [9.17, 15) is 5.11 Å². The van der Waals surface area contributed by atoms with E-state index in [2.05, 4.69) is 194 Å². The number of fused-ring (bicyclic) bond motifs is 4. The number of benzene rings is 7. The van der Waals surface area contributed by atoms with Crippen LogP contribution in [0.4, 0.5) is 0 Å². The second kappa shape index (κ2) is 16.7. The normalized spacial score (nSPS) is 12.3. The number of imidazole rings is 1. The topological polar surface area (TPSA) is 64.1 Å². The van der Waals surface area contributed by atoms with Gasteiger partial charge in [0.15, 0.2) is 0 Å². The van der Waals surface area contributed by atoms with Crippen molar-refractivity contribution in [2.45, 2.75) is 78.6 Å². The number of furan rings is 1. The molecular weight excluding hydrogens is 990 g/mol. The number of aromatic hydroxyl groups is 1. The van der Waals surface area contributed by atoms with Crippen LogP contribution in [0.2, 0.25) is 0 Å². The third-order valence-electron chi connectivity index (χ3n) is 12.7. The van der Waals surface area contributed by atoms with E-state index in [1.165, 1.54) is 5.56 Å². The fraction of sp³-hybridized carbons (Fsp3) is 0.200. The number of aromatic nitrogens is 3. The van der Waals surface area contributed by atoms with Gasteiger partial charge in [-0.3, -0.25) is 9.55 Å². The summed E-state index contributed by atoms with van der Waals surface area (Å²) in [7, 11) is 0. The summed E-state index contributed by atoms with van der Waals surface area (Å²) in [6, 6.07) is 56.9. The molecule has 0 aliphatic carbocycles. The maximum atomic E-state index is 12.6. The summed E-state index contributed by atoms with van der Waals surface area (Å²) in [6.07, 6.45) is 1.83. The Morgan fingerprint density at radius 1 is 0.530 bits per heavy atom. The van der Waals surface area contributed by atoms with Gasteiger partial charge in [0.05, 0.1) is 22.3 Å². The van der Waals surface area contributed by atoms with Crippen molar-refractivity contribution in [1.82, 2.24) is 14.5 Å². The van der Waals surface area contributed by atoms with E-state index in [-0.39, 0.29) is 43.1 Å². The zero-order chi connectivity index (χ0) is 45.4. The first-order chi connectivity index (χ1) is 31.0. The van der Waals surface area contributed by atoms with Crippen molar-refractivity contribution in [3.8, 4) is 67.5 Å². The first-order valence-corrected chi connectivity index (χ1v) is 22.5. The van der Waals surface area contributed by atoms with Crippen LogP contribution in [0.15, 0.2) is 162 Å². The summed E-state index contributed by atoms with van der Waals surface area (Å²) < 4.78 is 8.63. The van der Waals surface area contributed by atoms with Crippen LogP contribution >= 0.6 is 0 Å². The van der Waals surface area contributed by atoms with Crippen LogP contribution in [-0.2, 0) is 37.3 Å². The van der Waals surface area contributed by atoms with Crippen LogP contribution in [0, 0.1) is 6.07 Å². The van der Waals surface area contributed by atoms with E-state index in [0.717, 1.165) is 94.4 Å². The van der Waals surface area contributed by atoms with Gasteiger partial charge in [-0.1, -0.05) is 164 Å². The molecule has 0 unspecified atom stereocenters. The van der Waals surface area contributed by atoms with Gasteiger partial charge in [0.2, 0.25) is 0 Å². The molecule has 0 atom stereocenters. The van der Waals surface area contributed by atoms with E-state index in [1.807, 2.05) is 36.5 Å². The summed E-state index contributed by atoms with van der Waals surface area (Å²) in [5, 5.41) is 14.8. The molecule has 0 saturated carbocycles. The number of nitrogens with zero attached hydrogens (tertiary/aromatic N) is 3. The summed E-state index contributed by atoms with van der Waals surface area (Å²) in [4.78, 5) is 10.4. The standard InChI is InChI=1S/C60H54N3O2.Pt/c1-58(2,3)42-31-40(30-41(32-42)50-22-15-16-29-61-50)44-21-17-23-52-55(44)62-57(48-35-43(59(4,5)6)36-49(56(48)64)60(7,8)9)63(52)51-28-26-38(33-47(51)37-18-11-10-12-19-37)39-25-27-46-45-20-13-14-24-53(45)65-54(46)34-39;/h10-29,31-36,64H,1-9H3;/q-1;. The van der Waals surface area contributed by atoms with Crippen LogP contribution in [0.3, 0.4) is 0 Å². The average molecular weight is 1040 g/mol. The van der Waals surface area contributed by atoms with Crippen molar-refractivity contribution >= 4 is 33.0 Å². The molecule has 6 heteroatoms. The van der Waals surface area contributed by atoms with E-state index in [0.29, 0.717) is 11.4 Å². The Morgan fingerprint density at radius 2 is 1.20 bits per heavy atom. The monoisotopic (exact) mass is 1040 g/mol. The molecule has 0 aliphatic rings. The fourth-order valence-corrected chi connectivity index (χ4v) is 9.02. The van der Waals surface area contributed by atoms with Crippen LogP contribution in [0.1, 0.15) is 79.0 Å². The van der Waals surface area contributed by atoms with Crippen molar-refractivity contribution in [3.63, 3.8) is 0 Å². The Morgan fingerprint density at radius 3 is 1.92 bits per heavy atom. The molecule has 0 saturated heterocycles. The molecule has 0 bridgehead atoms. The molecule has 0 fully saturated rings. The van der Waals surface area contributed by atoms with Crippen molar-refractivity contribution < 1.29 is 30.6 Å². The van der Waals surface area contributed by atoms with Gasteiger partial charge in [0.25, 0.3) is 0 Å². The van der Waals surface area contributed by atoms with Gasteiger partial charge in [-0.05, 0) is 87.0 Å². The molecule has 10 rings (SSSR count). The van der Waals surface area contributed by atoms with Crippen LogP contribution in [0.5, 0.6) is 5.75 Å². The van der Waals surface area contributed by atoms with Gasteiger partial charge in [0.1, 0.15) is 22.7 Å². The Labute approximate surface area is 402 Å². The van der Waals surface area contributed by atoms with Gasteiger partial charge in [0, 0.05) is 54.9 Å². The maximum absolute atomic E-state index is 12.6. The molecule has 332 valence electrons. The van der Waals surface area contributed by atoms with Gasteiger partial charge in [-0.2, -0.15) is 0 Å². The van der Waals surface area contributed by atoms with Crippen LogP contribution in [0.25, 0.3) is 94.7 Å². The van der Waals surface area contributed by atoms with Gasteiger partial charge < -0.3 is 9.52 Å². The summed E-state index contributed by atoms with van der Waals surface area (Å²) in [5.74, 6) is 0.895. The Bertz CT molecular complexity index is 3430.